The third-order valence-corrected chi connectivity index (χ3v) is 5.13. The summed E-state index contributed by atoms with van der Waals surface area (Å²) in [5.41, 5.74) is 5.37. The smallest absolute Gasteiger partial charge is 0.234 e. The standard InChI is InChI=1S/C22H21N3O2S/c1-14-7-8-15(2)19(11-14)20-9-10-22(25-24-20)28-13-21(27)23-18-6-4-5-17(12-18)16(3)26/h4-12H,13H2,1-3H3,(H,23,27). The van der Waals surface area contributed by atoms with Crippen LogP contribution < -0.4 is 5.32 Å². The predicted octanol–water partition coefficient (Wildman–Crippen LogP) is 4.69. The first-order chi connectivity index (χ1) is 13.4. The SMILES string of the molecule is CC(=O)c1cccc(NC(=O)CSc2ccc(-c3cc(C)ccc3C)nn2)c1. The van der Waals surface area contributed by atoms with E-state index in [1.807, 2.05) is 26.0 Å². The number of hydrogen-bond donors (Lipinski definition) is 1. The van der Waals surface area contributed by atoms with Crippen molar-refractivity contribution in [3.05, 3.63) is 71.3 Å². The molecule has 0 unspecified atom stereocenters. The van der Waals surface area contributed by atoms with Crippen LogP contribution in [-0.4, -0.2) is 27.6 Å². The Labute approximate surface area is 168 Å². The highest BCUT2D eigenvalue weighted by atomic mass is 32.2. The summed E-state index contributed by atoms with van der Waals surface area (Å²) in [4.78, 5) is 23.6. The monoisotopic (exact) mass is 391 g/mol. The molecule has 0 saturated heterocycles. The molecule has 0 bridgehead atoms. The van der Waals surface area contributed by atoms with Crippen LogP contribution in [0.25, 0.3) is 11.3 Å². The highest BCUT2D eigenvalue weighted by Gasteiger charge is 2.09. The largest absolute Gasteiger partial charge is 0.325 e. The minimum absolute atomic E-state index is 0.0373. The van der Waals surface area contributed by atoms with E-state index in [0.29, 0.717) is 16.3 Å². The second-order valence-corrected chi connectivity index (χ2v) is 7.54. The summed E-state index contributed by atoms with van der Waals surface area (Å²) in [6, 6.07) is 16.9. The number of carbonyl (C=O) groups excluding carboxylic acids is 2. The van der Waals surface area contributed by atoms with Crippen LogP contribution in [0.15, 0.2) is 59.6 Å². The van der Waals surface area contributed by atoms with Gasteiger partial charge in [-0.1, -0.05) is 41.6 Å². The molecule has 142 valence electrons. The first kappa shape index (κ1) is 19.8. The van der Waals surface area contributed by atoms with E-state index < -0.39 is 0 Å². The molecule has 0 saturated carbocycles. The summed E-state index contributed by atoms with van der Waals surface area (Å²) in [5, 5.41) is 12.0. The van der Waals surface area contributed by atoms with Crippen LogP contribution in [-0.2, 0) is 4.79 Å². The fourth-order valence-corrected chi connectivity index (χ4v) is 3.32. The molecule has 1 amide bonds. The highest BCUT2D eigenvalue weighted by Crippen LogP contribution is 2.24. The van der Waals surface area contributed by atoms with Gasteiger partial charge >= 0.3 is 0 Å². The maximum Gasteiger partial charge on any atom is 0.234 e. The molecule has 0 atom stereocenters. The normalized spacial score (nSPS) is 10.5. The quantitative estimate of drug-likeness (QED) is 0.487. The maximum absolute atomic E-state index is 12.2. The van der Waals surface area contributed by atoms with Crippen LogP contribution in [0.1, 0.15) is 28.4 Å². The number of thioether (sulfide) groups is 1. The van der Waals surface area contributed by atoms with Crippen molar-refractivity contribution in [2.75, 3.05) is 11.1 Å². The van der Waals surface area contributed by atoms with Crippen molar-refractivity contribution >= 4 is 29.1 Å². The Bertz CT molecular complexity index is 1020. The Morgan fingerprint density at radius 1 is 1.00 bits per heavy atom. The number of ketones is 1. The van der Waals surface area contributed by atoms with E-state index in [2.05, 4.69) is 33.7 Å². The molecule has 28 heavy (non-hydrogen) atoms. The van der Waals surface area contributed by atoms with Gasteiger partial charge < -0.3 is 5.32 Å². The molecule has 0 aliphatic carbocycles. The van der Waals surface area contributed by atoms with Crippen LogP contribution in [0.2, 0.25) is 0 Å². The first-order valence-corrected chi connectivity index (χ1v) is 9.86. The molecule has 1 aromatic heterocycles. The zero-order chi connectivity index (χ0) is 20.1. The van der Waals surface area contributed by atoms with Crippen LogP contribution in [0.3, 0.4) is 0 Å². The Morgan fingerprint density at radius 3 is 2.54 bits per heavy atom. The number of amides is 1. The van der Waals surface area contributed by atoms with Gasteiger partial charge in [-0.25, -0.2) is 0 Å². The lowest BCUT2D eigenvalue weighted by molar-refractivity contribution is -0.113. The highest BCUT2D eigenvalue weighted by molar-refractivity contribution is 7.99. The number of hydrogen-bond acceptors (Lipinski definition) is 5. The zero-order valence-corrected chi connectivity index (χ0v) is 16.8. The molecule has 3 rings (SSSR count). The van der Waals surface area contributed by atoms with Gasteiger partial charge in [0.1, 0.15) is 5.03 Å². The van der Waals surface area contributed by atoms with Gasteiger partial charge in [-0.15, -0.1) is 10.2 Å². The van der Waals surface area contributed by atoms with Crippen LogP contribution in [0.5, 0.6) is 0 Å². The first-order valence-electron chi connectivity index (χ1n) is 8.87. The lowest BCUT2D eigenvalue weighted by Gasteiger charge is -2.07. The number of rotatable bonds is 6. The second kappa shape index (κ2) is 8.80. The van der Waals surface area contributed by atoms with Crippen molar-refractivity contribution in [1.82, 2.24) is 10.2 Å². The average molecular weight is 391 g/mol. The average Bonchev–Trinajstić information content (AvgIpc) is 2.69. The van der Waals surface area contributed by atoms with Gasteiger partial charge in [0.05, 0.1) is 11.4 Å². The van der Waals surface area contributed by atoms with Crippen molar-refractivity contribution in [1.29, 1.82) is 0 Å². The molecule has 0 radical (unpaired) electrons. The van der Waals surface area contributed by atoms with Crippen molar-refractivity contribution in [2.45, 2.75) is 25.8 Å². The molecular formula is C22H21N3O2S. The molecule has 2 aromatic carbocycles. The summed E-state index contributed by atoms with van der Waals surface area (Å²) in [6.45, 7) is 5.59. The van der Waals surface area contributed by atoms with Gasteiger partial charge in [-0.05, 0) is 56.7 Å². The lowest BCUT2D eigenvalue weighted by atomic mass is 10.0. The molecule has 0 aliphatic heterocycles. The van der Waals surface area contributed by atoms with Gasteiger partial charge in [-0.3, -0.25) is 9.59 Å². The summed E-state index contributed by atoms with van der Waals surface area (Å²) in [5.74, 6) is 0.0118. The van der Waals surface area contributed by atoms with E-state index in [4.69, 9.17) is 0 Å². The van der Waals surface area contributed by atoms with Gasteiger partial charge in [0.25, 0.3) is 0 Å². The molecule has 3 aromatic rings. The van der Waals surface area contributed by atoms with E-state index in [9.17, 15) is 9.59 Å². The molecule has 0 aliphatic rings. The molecular weight excluding hydrogens is 370 g/mol. The van der Waals surface area contributed by atoms with Gasteiger partial charge in [-0.2, -0.15) is 0 Å². The van der Waals surface area contributed by atoms with Crippen molar-refractivity contribution in [3.8, 4) is 11.3 Å². The van der Waals surface area contributed by atoms with Crippen LogP contribution >= 0.6 is 11.8 Å². The summed E-state index contributed by atoms with van der Waals surface area (Å²) in [6.07, 6.45) is 0. The Morgan fingerprint density at radius 2 is 1.82 bits per heavy atom. The maximum atomic E-state index is 12.2. The number of nitrogens with one attached hydrogen (secondary N) is 1. The van der Waals surface area contributed by atoms with E-state index in [0.717, 1.165) is 16.8 Å². The van der Waals surface area contributed by atoms with Gasteiger partial charge in [0.2, 0.25) is 5.91 Å². The lowest BCUT2D eigenvalue weighted by Crippen LogP contribution is -2.14. The predicted molar refractivity (Wildman–Crippen MR) is 113 cm³/mol. The molecule has 1 heterocycles. The number of nitrogens with zero attached hydrogens (tertiary/aromatic N) is 2. The fourth-order valence-electron chi connectivity index (χ4n) is 2.70. The number of carbonyl (C=O) groups is 2. The summed E-state index contributed by atoms with van der Waals surface area (Å²) in [7, 11) is 0. The minimum Gasteiger partial charge on any atom is -0.325 e. The van der Waals surface area contributed by atoms with Crippen LogP contribution in [0, 0.1) is 13.8 Å². The van der Waals surface area contributed by atoms with Crippen molar-refractivity contribution in [2.24, 2.45) is 0 Å². The number of aryl methyl sites for hydroxylation is 2. The van der Waals surface area contributed by atoms with E-state index in [-0.39, 0.29) is 17.4 Å². The Balaban J connectivity index is 1.60. The minimum atomic E-state index is -0.161. The summed E-state index contributed by atoms with van der Waals surface area (Å²) >= 11 is 1.32. The Kier molecular flexibility index (Phi) is 6.21. The molecule has 5 nitrogen and oxygen atoms in total. The third-order valence-electron chi connectivity index (χ3n) is 4.21. The van der Waals surface area contributed by atoms with E-state index >= 15 is 0 Å². The van der Waals surface area contributed by atoms with Gasteiger partial charge in [0, 0.05) is 16.8 Å². The molecule has 0 spiro atoms. The molecule has 6 heteroatoms. The number of anilines is 1. The summed E-state index contributed by atoms with van der Waals surface area (Å²) < 4.78 is 0. The second-order valence-electron chi connectivity index (χ2n) is 6.55. The van der Waals surface area contributed by atoms with Crippen molar-refractivity contribution in [3.63, 3.8) is 0 Å². The van der Waals surface area contributed by atoms with E-state index in [1.54, 1.807) is 24.3 Å². The number of aromatic nitrogens is 2. The Hall–Kier alpha value is -2.99. The van der Waals surface area contributed by atoms with Crippen LogP contribution in [0.4, 0.5) is 5.69 Å². The van der Waals surface area contributed by atoms with Crippen molar-refractivity contribution < 1.29 is 9.59 Å². The molecule has 1 N–H and O–H groups in total. The third kappa shape index (κ3) is 5.04. The van der Waals surface area contributed by atoms with E-state index in [1.165, 1.54) is 24.2 Å². The fraction of sp³-hybridized carbons (Fsp3) is 0.182. The number of Topliss-reactive ketones (excluding diaryl/α,β-unsaturated/α-hetero) is 1. The topological polar surface area (TPSA) is 72.0 Å². The van der Waals surface area contributed by atoms with Gasteiger partial charge in [0.15, 0.2) is 5.78 Å². The number of benzene rings is 2. The molecule has 0 fully saturated rings. The zero-order valence-electron chi connectivity index (χ0n) is 16.0.